The summed E-state index contributed by atoms with van der Waals surface area (Å²) in [5.74, 6) is 1.86. The SMILES string of the molecule is c1ccc(-c2ccc(-c3nc4ccccc4c4c(-c5cccc(-c6nc(-c7ccccc7)nc(-c7cccc8c7sc7ccccc78)n6)c5)c5c(cc34)oc3ccccc35)cc2)cc1. The highest BCUT2D eigenvalue weighted by atomic mass is 32.1. The third-order valence-corrected chi connectivity index (χ3v) is 13.5. The summed E-state index contributed by atoms with van der Waals surface area (Å²) in [6.45, 7) is 0. The molecule has 0 spiro atoms. The number of hydrogen-bond acceptors (Lipinski definition) is 6. The fourth-order valence-electron chi connectivity index (χ4n) is 9.36. The highest BCUT2D eigenvalue weighted by molar-refractivity contribution is 7.26. The minimum atomic E-state index is 0.600. The monoisotopic (exact) mass is 834 g/mol. The molecule has 0 amide bonds. The van der Waals surface area contributed by atoms with E-state index < -0.39 is 0 Å². The average Bonchev–Trinajstić information content (AvgIpc) is 3.94. The Hall–Kier alpha value is -8.32. The van der Waals surface area contributed by atoms with Crippen LogP contribution in [0.4, 0.5) is 0 Å². The van der Waals surface area contributed by atoms with Crippen LogP contribution in [0, 0.1) is 0 Å². The van der Waals surface area contributed by atoms with Gasteiger partial charge >= 0.3 is 0 Å². The van der Waals surface area contributed by atoms with Crippen molar-refractivity contribution < 1.29 is 4.42 Å². The van der Waals surface area contributed by atoms with Crippen molar-refractivity contribution in [1.29, 1.82) is 0 Å². The zero-order valence-electron chi connectivity index (χ0n) is 34.2. The van der Waals surface area contributed by atoms with Crippen LogP contribution in [0.1, 0.15) is 0 Å². The molecule has 0 saturated carbocycles. The Morgan fingerprint density at radius 1 is 0.344 bits per heavy atom. The maximum Gasteiger partial charge on any atom is 0.165 e. The average molecular weight is 835 g/mol. The summed E-state index contributed by atoms with van der Waals surface area (Å²) >= 11 is 1.78. The van der Waals surface area contributed by atoms with Gasteiger partial charge in [0.1, 0.15) is 11.2 Å². The molecule has 0 bridgehead atoms. The molecule has 6 heteroatoms. The van der Waals surface area contributed by atoms with E-state index in [1.165, 1.54) is 21.0 Å². The second-order valence-corrected chi connectivity index (χ2v) is 17.2. The Bertz CT molecular complexity index is 3950. The number of aromatic nitrogens is 4. The van der Waals surface area contributed by atoms with E-state index in [0.717, 1.165) is 93.0 Å². The van der Waals surface area contributed by atoms with Gasteiger partial charge in [-0.1, -0.05) is 170 Å². The van der Waals surface area contributed by atoms with E-state index in [4.69, 9.17) is 24.4 Å². The molecule has 0 unspecified atom stereocenters. The summed E-state index contributed by atoms with van der Waals surface area (Å²) in [6, 6.07) is 72.0. The van der Waals surface area contributed by atoms with Crippen molar-refractivity contribution in [1.82, 2.24) is 19.9 Å². The number of hydrogen-bond donors (Lipinski definition) is 0. The van der Waals surface area contributed by atoms with Gasteiger partial charge in [-0.25, -0.2) is 19.9 Å². The van der Waals surface area contributed by atoms with Gasteiger partial charge in [-0.2, -0.15) is 0 Å². The maximum atomic E-state index is 6.74. The predicted octanol–water partition coefficient (Wildman–Crippen LogP) is 15.8. The molecule has 5 nitrogen and oxygen atoms in total. The van der Waals surface area contributed by atoms with E-state index in [1.807, 2.05) is 36.4 Å². The fraction of sp³-hybridized carbons (Fsp3) is 0. The van der Waals surface area contributed by atoms with Gasteiger partial charge in [0.2, 0.25) is 0 Å². The number of para-hydroxylation sites is 2. The summed E-state index contributed by atoms with van der Waals surface area (Å²) in [6.07, 6.45) is 0. The molecule has 0 aliphatic carbocycles. The zero-order chi connectivity index (χ0) is 42.1. The number of pyridine rings is 1. The van der Waals surface area contributed by atoms with E-state index in [2.05, 4.69) is 170 Å². The van der Waals surface area contributed by atoms with Crippen molar-refractivity contribution in [2.45, 2.75) is 0 Å². The van der Waals surface area contributed by atoms with Crippen LogP contribution in [-0.2, 0) is 0 Å². The Balaban J connectivity index is 1.06. The number of furan rings is 1. The summed E-state index contributed by atoms with van der Waals surface area (Å²) in [4.78, 5) is 21.1. The standard InChI is InChI=1S/C58H34N4OS/c1-3-15-35(16-4-1)36-29-31-37(32-30-36)54-46-34-49-53(44-23-8-11-27-48(44)63-49)51(52(46)43-22-7-10-26-47(43)59-54)39-19-13-20-40(33-39)57-60-56(38-17-5-2-6-18-38)61-58(62-57)45-25-14-24-42-41-21-9-12-28-50(41)64-55(42)45/h1-34H. The van der Waals surface area contributed by atoms with Gasteiger partial charge in [0, 0.05) is 74.9 Å². The lowest BCUT2D eigenvalue weighted by Gasteiger charge is -2.16. The molecule has 0 N–H and O–H groups in total. The third-order valence-electron chi connectivity index (χ3n) is 12.3. The summed E-state index contributed by atoms with van der Waals surface area (Å²) in [5.41, 5.74) is 11.7. The van der Waals surface area contributed by atoms with Gasteiger partial charge < -0.3 is 4.42 Å². The van der Waals surface area contributed by atoms with Crippen LogP contribution in [0.15, 0.2) is 211 Å². The van der Waals surface area contributed by atoms with Crippen LogP contribution in [0.5, 0.6) is 0 Å². The minimum Gasteiger partial charge on any atom is -0.456 e. The molecule has 298 valence electrons. The van der Waals surface area contributed by atoms with E-state index in [0.29, 0.717) is 17.5 Å². The van der Waals surface area contributed by atoms with Crippen LogP contribution >= 0.6 is 11.3 Å². The van der Waals surface area contributed by atoms with Gasteiger partial charge in [0.25, 0.3) is 0 Å². The Morgan fingerprint density at radius 3 is 1.77 bits per heavy atom. The summed E-state index contributed by atoms with van der Waals surface area (Å²) < 4.78 is 9.14. The van der Waals surface area contributed by atoms with Crippen LogP contribution in [0.25, 0.3) is 131 Å². The van der Waals surface area contributed by atoms with Crippen molar-refractivity contribution >= 4 is 75.1 Å². The maximum absolute atomic E-state index is 6.74. The van der Waals surface area contributed by atoms with E-state index >= 15 is 0 Å². The van der Waals surface area contributed by atoms with Crippen LogP contribution in [-0.4, -0.2) is 19.9 Å². The minimum absolute atomic E-state index is 0.600. The molecule has 13 aromatic rings. The zero-order valence-corrected chi connectivity index (χ0v) is 35.1. The van der Waals surface area contributed by atoms with Crippen molar-refractivity contribution in [3.05, 3.63) is 206 Å². The van der Waals surface area contributed by atoms with Crippen LogP contribution in [0.2, 0.25) is 0 Å². The molecular formula is C58H34N4OS. The first-order chi connectivity index (χ1) is 31.7. The largest absolute Gasteiger partial charge is 0.456 e. The smallest absolute Gasteiger partial charge is 0.165 e. The highest BCUT2D eigenvalue weighted by Crippen LogP contribution is 2.47. The molecule has 0 atom stereocenters. The molecular weight excluding hydrogens is 801 g/mol. The van der Waals surface area contributed by atoms with Crippen molar-refractivity contribution in [3.63, 3.8) is 0 Å². The lowest BCUT2D eigenvalue weighted by atomic mass is 9.89. The summed E-state index contributed by atoms with van der Waals surface area (Å²) in [7, 11) is 0. The first-order valence-electron chi connectivity index (χ1n) is 21.4. The molecule has 0 aliphatic heterocycles. The highest BCUT2D eigenvalue weighted by Gasteiger charge is 2.23. The van der Waals surface area contributed by atoms with Crippen molar-refractivity contribution in [2.75, 3.05) is 0 Å². The van der Waals surface area contributed by atoms with E-state index in [9.17, 15) is 0 Å². The molecule has 0 saturated heterocycles. The fourth-order valence-corrected chi connectivity index (χ4v) is 10.6. The molecule has 9 aromatic carbocycles. The van der Waals surface area contributed by atoms with Crippen molar-refractivity contribution in [2.24, 2.45) is 0 Å². The van der Waals surface area contributed by atoms with Gasteiger partial charge in [0.15, 0.2) is 17.5 Å². The normalized spacial score (nSPS) is 11.8. The third kappa shape index (κ3) is 5.92. The molecule has 4 heterocycles. The predicted molar refractivity (Wildman–Crippen MR) is 265 cm³/mol. The second kappa shape index (κ2) is 14.7. The summed E-state index contributed by atoms with van der Waals surface area (Å²) in [5, 5.41) is 7.74. The number of rotatable bonds is 6. The molecule has 4 aromatic heterocycles. The number of benzene rings is 9. The Labute approximate surface area is 371 Å². The second-order valence-electron chi connectivity index (χ2n) is 16.1. The number of fused-ring (bicyclic) bond motifs is 9. The first-order valence-corrected chi connectivity index (χ1v) is 22.2. The van der Waals surface area contributed by atoms with E-state index in [1.54, 1.807) is 11.3 Å². The Kier molecular flexibility index (Phi) is 8.32. The van der Waals surface area contributed by atoms with Gasteiger partial charge in [0.05, 0.1) is 11.2 Å². The van der Waals surface area contributed by atoms with Gasteiger partial charge in [-0.3, -0.25) is 0 Å². The molecule has 64 heavy (non-hydrogen) atoms. The first kappa shape index (κ1) is 36.3. The Morgan fingerprint density at radius 2 is 0.938 bits per heavy atom. The van der Waals surface area contributed by atoms with E-state index in [-0.39, 0.29) is 0 Å². The quantitative estimate of drug-likeness (QED) is 0.156. The topological polar surface area (TPSA) is 64.7 Å². The van der Waals surface area contributed by atoms with Crippen LogP contribution in [0.3, 0.4) is 0 Å². The van der Waals surface area contributed by atoms with Gasteiger partial charge in [-0.05, 0) is 53.1 Å². The lowest BCUT2D eigenvalue weighted by Crippen LogP contribution is -2.00. The number of nitrogens with zero attached hydrogens (tertiary/aromatic N) is 4. The molecule has 0 radical (unpaired) electrons. The van der Waals surface area contributed by atoms with Gasteiger partial charge in [-0.15, -0.1) is 11.3 Å². The lowest BCUT2D eigenvalue weighted by molar-refractivity contribution is 0.669. The molecule has 13 rings (SSSR count). The van der Waals surface area contributed by atoms with Crippen LogP contribution < -0.4 is 0 Å². The number of thiophene rings is 1. The molecule has 0 aliphatic rings. The molecule has 0 fully saturated rings. The van der Waals surface area contributed by atoms with Crippen molar-refractivity contribution in [3.8, 4) is 67.7 Å².